The van der Waals surface area contributed by atoms with Crippen molar-refractivity contribution < 1.29 is 23.1 Å². The monoisotopic (exact) mass is 696 g/mol. The van der Waals surface area contributed by atoms with Crippen LogP contribution in [0.2, 0.25) is 10.0 Å². The Balaban J connectivity index is 1.59. The highest BCUT2D eigenvalue weighted by Gasteiger charge is 2.63. The number of amides is 2. The smallest absolute Gasteiger partial charge is 0.410 e. The molecule has 0 aliphatic carbocycles. The van der Waals surface area contributed by atoms with Gasteiger partial charge in [-0.3, -0.25) is 9.69 Å². The number of nitriles is 1. The third-order valence-electron chi connectivity index (χ3n) is 9.41. The number of hydrogen-bond acceptors (Lipinski definition) is 5. The summed E-state index contributed by atoms with van der Waals surface area (Å²) in [6.45, 7) is 10.1. The van der Waals surface area contributed by atoms with E-state index in [2.05, 4.69) is 11.4 Å². The third-order valence-corrected chi connectivity index (χ3v) is 9.93. The number of carbonyl (C=O) groups is 2. The molecule has 0 radical (unpaired) electrons. The zero-order chi connectivity index (χ0) is 35.0. The second kappa shape index (κ2) is 14.0. The molecule has 0 bridgehead atoms. The lowest BCUT2D eigenvalue weighted by atomic mass is 9.65. The van der Waals surface area contributed by atoms with Crippen molar-refractivity contribution >= 4 is 35.2 Å². The van der Waals surface area contributed by atoms with Crippen molar-refractivity contribution in [3.63, 3.8) is 0 Å². The Bertz CT molecular complexity index is 1730. The highest BCUT2D eigenvalue weighted by molar-refractivity contribution is 6.31. The minimum absolute atomic E-state index is 0.0153. The summed E-state index contributed by atoms with van der Waals surface area (Å²) in [6.07, 6.45) is 0.522. The Morgan fingerprint density at radius 1 is 1.06 bits per heavy atom. The molecule has 2 aliphatic rings. The topological polar surface area (TPSA) is 85.7 Å². The van der Waals surface area contributed by atoms with E-state index in [1.54, 1.807) is 38.7 Å². The van der Waals surface area contributed by atoms with E-state index in [0.29, 0.717) is 25.9 Å². The molecule has 254 valence electrons. The molecule has 2 fully saturated rings. The van der Waals surface area contributed by atoms with Gasteiger partial charge in [-0.1, -0.05) is 71.2 Å². The molecule has 0 spiro atoms. The van der Waals surface area contributed by atoms with Gasteiger partial charge in [0.1, 0.15) is 22.7 Å². The number of rotatable bonds is 6. The van der Waals surface area contributed by atoms with E-state index >= 15 is 8.78 Å². The summed E-state index contributed by atoms with van der Waals surface area (Å²) >= 11 is 12.4. The number of hydrogen-bond donors (Lipinski definition) is 1. The van der Waals surface area contributed by atoms with E-state index in [-0.39, 0.29) is 33.8 Å². The van der Waals surface area contributed by atoms with Gasteiger partial charge in [-0.2, -0.15) is 5.26 Å². The summed E-state index contributed by atoms with van der Waals surface area (Å²) in [5.41, 5.74) is -0.431. The molecule has 7 nitrogen and oxygen atoms in total. The van der Waals surface area contributed by atoms with Crippen LogP contribution in [0.1, 0.15) is 68.7 Å². The van der Waals surface area contributed by atoms with Gasteiger partial charge in [-0.05, 0) is 76.8 Å². The van der Waals surface area contributed by atoms with Crippen LogP contribution >= 0.6 is 23.2 Å². The van der Waals surface area contributed by atoms with Crippen molar-refractivity contribution in [2.24, 2.45) is 0 Å². The Morgan fingerprint density at radius 2 is 1.75 bits per heavy atom. The fourth-order valence-corrected chi connectivity index (χ4v) is 7.54. The summed E-state index contributed by atoms with van der Waals surface area (Å²) in [7, 11) is 0. The fourth-order valence-electron chi connectivity index (χ4n) is 7.20. The molecular weight excluding hydrogens is 657 g/mol. The van der Waals surface area contributed by atoms with Crippen LogP contribution in [0.25, 0.3) is 0 Å². The van der Waals surface area contributed by atoms with Crippen molar-refractivity contribution in [2.45, 2.75) is 89.1 Å². The van der Waals surface area contributed by atoms with Crippen LogP contribution in [-0.4, -0.2) is 58.6 Å². The number of carbonyl (C=O) groups excluding carboxylic acids is 2. The fraction of sp³-hybridized carbons (Fsp3) is 0.432. The van der Waals surface area contributed by atoms with Crippen LogP contribution in [0.3, 0.4) is 0 Å². The van der Waals surface area contributed by atoms with Crippen LogP contribution in [0, 0.1) is 29.9 Å². The first kappa shape index (κ1) is 35.6. The van der Waals surface area contributed by atoms with E-state index in [4.69, 9.17) is 27.9 Å². The van der Waals surface area contributed by atoms with E-state index in [1.807, 2.05) is 36.1 Å². The van der Waals surface area contributed by atoms with Gasteiger partial charge >= 0.3 is 6.09 Å². The summed E-state index contributed by atoms with van der Waals surface area (Å²) in [6, 6.07) is 16.5. The van der Waals surface area contributed by atoms with Crippen LogP contribution in [0.4, 0.5) is 13.6 Å². The SMILES string of the molecule is Cc1cccc(CN2C(C)[C@](C#N)(c3ccc(Cl)cc3F)[C@@H](c3cccc(Cl)c3F)[C@@H]2C(=O)NC2CCN(C(=O)OC(C)(C)C)CC2)c1. The molecular formula is C37H40Cl2F2N4O3. The van der Waals surface area contributed by atoms with Gasteiger partial charge in [-0.25, -0.2) is 13.6 Å². The minimum Gasteiger partial charge on any atom is -0.444 e. The van der Waals surface area contributed by atoms with Gasteiger partial charge < -0.3 is 15.0 Å². The predicted molar refractivity (Wildman–Crippen MR) is 182 cm³/mol. The summed E-state index contributed by atoms with van der Waals surface area (Å²) < 4.78 is 37.6. The lowest BCUT2D eigenvalue weighted by Gasteiger charge is -2.36. The molecule has 3 aromatic carbocycles. The summed E-state index contributed by atoms with van der Waals surface area (Å²) in [5, 5.41) is 14.2. The Labute approximate surface area is 290 Å². The maximum absolute atomic E-state index is 16.1. The largest absolute Gasteiger partial charge is 0.444 e. The van der Waals surface area contributed by atoms with Crippen molar-refractivity contribution in [1.82, 2.24) is 15.1 Å². The Hall–Kier alpha value is -3.71. The van der Waals surface area contributed by atoms with Gasteiger partial charge in [0.2, 0.25) is 5.91 Å². The second-order valence-corrected chi connectivity index (χ2v) is 14.6. The number of ether oxygens (including phenoxy) is 1. The first-order valence-electron chi connectivity index (χ1n) is 16.1. The highest BCUT2D eigenvalue weighted by Crippen LogP contribution is 2.54. The van der Waals surface area contributed by atoms with Crippen molar-refractivity contribution in [3.05, 3.63) is 105 Å². The van der Waals surface area contributed by atoms with Crippen molar-refractivity contribution in [3.8, 4) is 6.07 Å². The summed E-state index contributed by atoms with van der Waals surface area (Å²) in [5.74, 6) is -3.10. The normalized spacial score (nSPS) is 23.5. The lowest BCUT2D eigenvalue weighted by molar-refractivity contribution is -0.127. The molecule has 4 atom stereocenters. The van der Waals surface area contributed by atoms with E-state index in [9.17, 15) is 14.9 Å². The Morgan fingerprint density at radius 3 is 2.38 bits per heavy atom. The zero-order valence-electron chi connectivity index (χ0n) is 27.7. The average Bonchev–Trinajstić information content (AvgIpc) is 3.25. The predicted octanol–water partition coefficient (Wildman–Crippen LogP) is 7.91. The van der Waals surface area contributed by atoms with Gasteiger partial charge in [0.15, 0.2) is 0 Å². The molecule has 3 aromatic rings. The van der Waals surface area contributed by atoms with Crippen LogP contribution in [-0.2, 0) is 21.5 Å². The van der Waals surface area contributed by atoms with Gasteiger partial charge in [0.25, 0.3) is 0 Å². The number of nitrogens with zero attached hydrogens (tertiary/aromatic N) is 3. The standard InChI is InChI=1S/C37H40Cl2F2N4O3/c1-22-8-6-9-24(18-22)20-45-23(2)37(21-42,28-13-12-25(38)19-30(28)40)31(27-10-7-11-29(39)32(27)41)33(45)34(46)43-26-14-16-44(17-15-26)35(47)48-36(3,4)5/h6-13,18-19,23,26,31,33H,14-17,20H2,1-5H3,(H,43,46)/t23?,31-,33+,37+/m0/s1. The van der Waals surface area contributed by atoms with Crippen LogP contribution in [0.5, 0.6) is 0 Å². The van der Waals surface area contributed by atoms with Gasteiger partial charge in [0, 0.05) is 48.2 Å². The average molecular weight is 698 g/mol. The minimum atomic E-state index is -1.73. The Kier molecular flexibility index (Phi) is 10.4. The maximum Gasteiger partial charge on any atom is 0.410 e. The third kappa shape index (κ3) is 7.03. The molecule has 5 rings (SSSR count). The molecule has 48 heavy (non-hydrogen) atoms. The highest BCUT2D eigenvalue weighted by atomic mass is 35.5. The molecule has 0 saturated carbocycles. The molecule has 2 heterocycles. The van der Waals surface area contributed by atoms with E-state index in [1.165, 1.54) is 24.3 Å². The molecule has 2 aliphatic heterocycles. The number of halogens is 4. The zero-order valence-corrected chi connectivity index (χ0v) is 29.2. The summed E-state index contributed by atoms with van der Waals surface area (Å²) in [4.78, 5) is 30.8. The second-order valence-electron chi connectivity index (χ2n) is 13.8. The maximum atomic E-state index is 16.1. The molecule has 2 saturated heterocycles. The first-order chi connectivity index (χ1) is 22.7. The van der Waals surface area contributed by atoms with Crippen molar-refractivity contribution in [1.29, 1.82) is 5.26 Å². The number of piperidine rings is 1. The molecule has 1 unspecified atom stereocenters. The van der Waals surface area contributed by atoms with Gasteiger partial charge in [-0.15, -0.1) is 0 Å². The molecule has 1 N–H and O–H groups in total. The molecule has 11 heteroatoms. The van der Waals surface area contributed by atoms with Crippen LogP contribution in [0.15, 0.2) is 60.7 Å². The number of aryl methyl sites for hydroxylation is 1. The number of nitrogens with one attached hydrogen (secondary N) is 1. The number of likely N-dealkylation sites (tertiary alicyclic amines) is 2. The first-order valence-corrected chi connectivity index (χ1v) is 16.8. The van der Waals surface area contributed by atoms with E-state index in [0.717, 1.165) is 17.2 Å². The van der Waals surface area contributed by atoms with Crippen LogP contribution < -0.4 is 5.32 Å². The van der Waals surface area contributed by atoms with E-state index < -0.39 is 52.7 Å². The van der Waals surface area contributed by atoms with Gasteiger partial charge in [0.05, 0.1) is 17.1 Å². The number of benzene rings is 3. The quantitative estimate of drug-likeness (QED) is 0.283. The van der Waals surface area contributed by atoms with Crippen molar-refractivity contribution in [2.75, 3.05) is 13.1 Å². The molecule has 0 aromatic heterocycles. The lowest BCUT2D eigenvalue weighted by Crippen LogP contribution is -2.53. The molecule has 2 amide bonds.